The second-order valence-corrected chi connectivity index (χ2v) is 3.99. The van der Waals surface area contributed by atoms with Crippen molar-refractivity contribution in [3.63, 3.8) is 0 Å². The van der Waals surface area contributed by atoms with E-state index in [2.05, 4.69) is 9.97 Å². The van der Waals surface area contributed by atoms with Gasteiger partial charge in [0, 0.05) is 0 Å². The molecule has 3 rings (SSSR count). The van der Waals surface area contributed by atoms with E-state index in [1.807, 2.05) is 43.3 Å². The van der Waals surface area contributed by atoms with Gasteiger partial charge in [0.1, 0.15) is 11.3 Å². The maximum absolute atomic E-state index is 5.33. The van der Waals surface area contributed by atoms with E-state index in [0.717, 1.165) is 33.4 Å². The maximum Gasteiger partial charge on any atom is 0.146 e. The van der Waals surface area contributed by atoms with E-state index in [-0.39, 0.29) is 0 Å². The van der Waals surface area contributed by atoms with Gasteiger partial charge < -0.3 is 4.74 Å². The standard InChI is InChI=1S/C14H12N2O/c1-9-7-8-12(17-2)14-13(9)15-10-5-3-4-6-11(10)16-14/h3-8H,1-2H3. The van der Waals surface area contributed by atoms with Crippen molar-refractivity contribution in [3.8, 4) is 5.75 Å². The van der Waals surface area contributed by atoms with Gasteiger partial charge in [-0.15, -0.1) is 0 Å². The van der Waals surface area contributed by atoms with Crippen LogP contribution >= 0.6 is 0 Å². The molecule has 1 aromatic heterocycles. The maximum atomic E-state index is 5.33. The number of rotatable bonds is 1. The fourth-order valence-corrected chi connectivity index (χ4v) is 1.97. The van der Waals surface area contributed by atoms with Gasteiger partial charge in [0.15, 0.2) is 0 Å². The Bertz CT molecular complexity index is 707. The topological polar surface area (TPSA) is 35.0 Å². The highest BCUT2D eigenvalue weighted by molar-refractivity contribution is 5.91. The van der Waals surface area contributed by atoms with E-state index in [1.165, 1.54) is 0 Å². The first kappa shape index (κ1) is 10.0. The summed E-state index contributed by atoms with van der Waals surface area (Å²) < 4.78 is 5.33. The van der Waals surface area contributed by atoms with Gasteiger partial charge in [-0.2, -0.15) is 0 Å². The Kier molecular flexibility index (Phi) is 2.18. The number of ether oxygens (including phenoxy) is 1. The van der Waals surface area contributed by atoms with E-state index in [1.54, 1.807) is 7.11 Å². The quantitative estimate of drug-likeness (QED) is 0.596. The van der Waals surface area contributed by atoms with E-state index in [4.69, 9.17) is 4.74 Å². The van der Waals surface area contributed by atoms with E-state index >= 15 is 0 Å². The molecule has 0 aliphatic carbocycles. The summed E-state index contributed by atoms with van der Waals surface area (Å²) in [6.45, 7) is 2.03. The Hall–Kier alpha value is -2.16. The first-order valence-electron chi connectivity index (χ1n) is 5.49. The van der Waals surface area contributed by atoms with Crippen LogP contribution < -0.4 is 4.74 Å². The molecule has 0 unspecified atom stereocenters. The second-order valence-electron chi connectivity index (χ2n) is 3.99. The van der Waals surface area contributed by atoms with Gasteiger partial charge in [-0.3, -0.25) is 0 Å². The van der Waals surface area contributed by atoms with Gasteiger partial charge in [0.2, 0.25) is 0 Å². The zero-order chi connectivity index (χ0) is 11.8. The molecule has 0 spiro atoms. The first-order chi connectivity index (χ1) is 8.29. The molecule has 3 nitrogen and oxygen atoms in total. The summed E-state index contributed by atoms with van der Waals surface area (Å²) >= 11 is 0. The Morgan fingerprint density at radius 1 is 0.882 bits per heavy atom. The van der Waals surface area contributed by atoms with Crippen LogP contribution in [0.25, 0.3) is 22.1 Å². The van der Waals surface area contributed by atoms with Crippen LogP contribution in [-0.4, -0.2) is 17.1 Å². The SMILES string of the molecule is COc1ccc(C)c2nc3ccccc3nc12. The second kappa shape index (κ2) is 3.70. The molecule has 0 aliphatic heterocycles. The predicted molar refractivity (Wildman–Crippen MR) is 68.3 cm³/mol. The molecule has 0 N–H and O–H groups in total. The summed E-state index contributed by atoms with van der Waals surface area (Å²) in [5, 5.41) is 0. The average molecular weight is 224 g/mol. The molecule has 0 radical (unpaired) electrons. The lowest BCUT2D eigenvalue weighted by atomic mass is 10.1. The zero-order valence-electron chi connectivity index (χ0n) is 9.77. The highest BCUT2D eigenvalue weighted by Crippen LogP contribution is 2.26. The van der Waals surface area contributed by atoms with Crippen LogP contribution in [0, 0.1) is 6.92 Å². The van der Waals surface area contributed by atoms with E-state index < -0.39 is 0 Å². The Morgan fingerprint density at radius 3 is 2.18 bits per heavy atom. The largest absolute Gasteiger partial charge is 0.494 e. The number of aromatic nitrogens is 2. The van der Waals surface area contributed by atoms with Gasteiger partial charge in [0.25, 0.3) is 0 Å². The lowest BCUT2D eigenvalue weighted by Gasteiger charge is -2.07. The molecule has 0 atom stereocenters. The van der Waals surface area contributed by atoms with Crippen molar-refractivity contribution in [2.75, 3.05) is 7.11 Å². The first-order valence-corrected chi connectivity index (χ1v) is 5.49. The Morgan fingerprint density at radius 2 is 1.53 bits per heavy atom. The third kappa shape index (κ3) is 1.51. The van der Waals surface area contributed by atoms with Gasteiger partial charge in [0.05, 0.1) is 23.7 Å². The third-order valence-electron chi connectivity index (χ3n) is 2.88. The monoisotopic (exact) mass is 224 g/mol. The van der Waals surface area contributed by atoms with Crippen LogP contribution in [0.15, 0.2) is 36.4 Å². The number of aryl methyl sites for hydroxylation is 1. The smallest absolute Gasteiger partial charge is 0.146 e. The van der Waals surface area contributed by atoms with E-state index in [0.29, 0.717) is 0 Å². The minimum atomic E-state index is 0.767. The van der Waals surface area contributed by atoms with Crippen molar-refractivity contribution in [3.05, 3.63) is 42.0 Å². The van der Waals surface area contributed by atoms with Gasteiger partial charge in [-0.1, -0.05) is 18.2 Å². The van der Waals surface area contributed by atoms with Crippen molar-refractivity contribution in [2.24, 2.45) is 0 Å². The van der Waals surface area contributed by atoms with Gasteiger partial charge >= 0.3 is 0 Å². The van der Waals surface area contributed by atoms with Crippen LogP contribution in [0.1, 0.15) is 5.56 Å². The number of nitrogens with zero attached hydrogens (tertiary/aromatic N) is 2. The lowest BCUT2D eigenvalue weighted by molar-refractivity contribution is 0.419. The van der Waals surface area contributed by atoms with Crippen LogP contribution in [0.3, 0.4) is 0 Å². The molecule has 2 aromatic carbocycles. The Labute approximate surface area is 99.1 Å². The normalized spacial score (nSPS) is 10.9. The van der Waals surface area contributed by atoms with Crippen molar-refractivity contribution in [1.29, 1.82) is 0 Å². The van der Waals surface area contributed by atoms with Gasteiger partial charge in [-0.25, -0.2) is 9.97 Å². The number of hydrogen-bond donors (Lipinski definition) is 0. The molecule has 17 heavy (non-hydrogen) atoms. The average Bonchev–Trinajstić information content (AvgIpc) is 2.38. The predicted octanol–water partition coefficient (Wildman–Crippen LogP) is 3.10. The third-order valence-corrected chi connectivity index (χ3v) is 2.88. The van der Waals surface area contributed by atoms with Crippen LogP contribution in [-0.2, 0) is 0 Å². The molecule has 84 valence electrons. The number of methoxy groups -OCH3 is 1. The molecular formula is C14H12N2O. The Balaban J connectivity index is 2.50. The summed E-state index contributed by atoms with van der Waals surface area (Å²) in [6, 6.07) is 11.8. The number of hydrogen-bond acceptors (Lipinski definition) is 3. The lowest BCUT2D eigenvalue weighted by Crippen LogP contribution is -1.93. The highest BCUT2D eigenvalue weighted by Gasteiger charge is 2.08. The summed E-state index contributed by atoms with van der Waals surface area (Å²) in [4.78, 5) is 9.27. The summed E-state index contributed by atoms with van der Waals surface area (Å²) in [5.74, 6) is 0.767. The molecule has 3 heteroatoms. The summed E-state index contributed by atoms with van der Waals surface area (Å²) in [7, 11) is 1.65. The van der Waals surface area contributed by atoms with Crippen molar-refractivity contribution < 1.29 is 4.74 Å². The molecule has 0 saturated heterocycles. The highest BCUT2D eigenvalue weighted by atomic mass is 16.5. The fraction of sp³-hybridized carbons (Fsp3) is 0.143. The molecule has 0 saturated carbocycles. The summed E-state index contributed by atoms with van der Waals surface area (Å²) in [5.41, 5.74) is 4.65. The fourth-order valence-electron chi connectivity index (χ4n) is 1.97. The molecular weight excluding hydrogens is 212 g/mol. The number of benzene rings is 2. The minimum absolute atomic E-state index is 0.767. The van der Waals surface area contributed by atoms with Crippen molar-refractivity contribution >= 4 is 22.1 Å². The molecule has 1 heterocycles. The molecule has 0 amide bonds. The van der Waals surface area contributed by atoms with Crippen LogP contribution in [0.2, 0.25) is 0 Å². The van der Waals surface area contributed by atoms with Crippen LogP contribution in [0.5, 0.6) is 5.75 Å². The zero-order valence-corrected chi connectivity index (χ0v) is 9.77. The molecule has 3 aromatic rings. The van der Waals surface area contributed by atoms with Gasteiger partial charge in [-0.05, 0) is 30.7 Å². The molecule has 0 aliphatic rings. The van der Waals surface area contributed by atoms with Crippen molar-refractivity contribution in [1.82, 2.24) is 9.97 Å². The number of para-hydroxylation sites is 2. The number of fused-ring (bicyclic) bond motifs is 2. The van der Waals surface area contributed by atoms with E-state index in [9.17, 15) is 0 Å². The minimum Gasteiger partial charge on any atom is -0.494 e. The molecule has 0 bridgehead atoms. The van der Waals surface area contributed by atoms with Crippen molar-refractivity contribution in [2.45, 2.75) is 6.92 Å². The molecule has 0 fully saturated rings. The summed E-state index contributed by atoms with van der Waals surface area (Å²) in [6.07, 6.45) is 0. The van der Waals surface area contributed by atoms with Crippen LogP contribution in [0.4, 0.5) is 0 Å².